The van der Waals surface area contributed by atoms with E-state index in [1.165, 1.54) is 41.0 Å². The van der Waals surface area contributed by atoms with E-state index in [0.717, 1.165) is 12.8 Å². The summed E-state index contributed by atoms with van der Waals surface area (Å²) in [5.74, 6) is -0.441. The van der Waals surface area contributed by atoms with Crippen molar-refractivity contribution in [3.05, 3.63) is 64.4 Å². The minimum Gasteiger partial charge on any atom is -0.443 e. The van der Waals surface area contributed by atoms with Gasteiger partial charge >= 0.3 is 6.09 Å². The first-order valence-corrected chi connectivity index (χ1v) is 13.5. The van der Waals surface area contributed by atoms with Crippen LogP contribution in [0.2, 0.25) is 0 Å². The molecule has 222 valence electrons. The van der Waals surface area contributed by atoms with E-state index in [0.29, 0.717) is 0 Å². The number of ether oxygens (including phenoxy) is 2. The second-order valence-corrected chi connectivity index (χ2v) is 10.9. The number of hydrogen-bond donors (Lipinski definition) is 2. The van der Waals surface area contributed by atoms with Gasteiger partial charge in [-0.15, -0.1) is 0 Å². The van der Waals surface area contributed by atoms with E-state index in [1.807, 2.05) is 6.07 Å². The van der Waals surface area contributed by atoms with Gasteiger partial charge in [-0.3, -0.25) is 19.1 Å². The maximum Gasteiger partial charge on any atom is 0.414 e. The van der Waals surface area contributed by atoms with E-state index in [1.54, 1.807) is 46.1 Å². The molecule has 1 aliphatic carbocycles. The summed E-state index contributed by atoms with van der Waals surface area (Å²) in [6.07, 6.45) is 3.74. The van der Waals surface area contributed by atoms with Gasteiger partial charge in [0.05, 0.1) is 23.4 Å². The van der Waals surface area contributed by atoms with Crippen LogP contribution in [-0.2, 0) is 9.47 Å². The Morgan fingerprint density at radius 1 is 1.21 bits per heavy atom. The summed E-state index contributed by atoms with van der Waals surface area (Å²) in [4.78, 5) is 49.7. The highest BCUT2D eigenvalue weighted by Gasteiger charge is 2.34. The molecule has 0 spiro atoms. The van der Waals surface area contributed by atoms with Gasteiger partial charge in [0, 0.05) is 32.6 Å². The quantitative estimate of drug-likeness (QED) is 0.323. The number of rotatable bonds is 7. The summed E-state index contributed by atoms with van der Waals surface area (Å²) >= 11 is 0. The predicted molar refractivity (Wildman–Crippen MR) is 156 cm³/mol. The Bertz CT molecular complexity index is 1800. The van der Waals surface area contributed by atoms with Crippen LogP contribution in [0.1, 0.15) is 49.7 Å². The summed E-state index contributed by atoms with van der Waals surface area (Å²) in [7, 11) is 3.07. The highest BCUT2D eigenvalue weighted by molar-refractivity contribution is 6.07. The van der Waals surface area contributed by atoms with E-state index in [9.17, 15) is 19.6 Å². The Labute approximate surface area is 246 Å². The Hall–Kier alpha value is -5.29. The van der Waals surface area contributed by atoms with Crippen molar-refractivity contribution in [1.82, 2.24) is 25.0 Å². The fourth-order valence-corrected chi connectivity index (χ4v) is 4.53. The molecular formula is C29H30N8O6. The zero-order valence-corrected chi connectivity index (χ0v) is 24.2. The fourth-order valence-electron chi connectivity index (χ4n) is 4.53. The first-order valence-electron chi connectivity index (χ1n) is 13.5. The van der Waals surface area contributed by atoms with Crippen LogP contribution in [0.15, 0.2) is 52.0 Å². The van der Waals surface area contributed by atoms with E-state index in [4.69, 9.17) is 14.0 Å². The van der Waals surface area contributed by atoms with Gasteiger partial charge in [0.1, 0.15) is 28.7 Å². The largest absolute Gasteiger partial charge is 0.443 e. The molecule has 1 fully saturated rings. The highest BCUT2D eigenvalue weighted by atomic mass is 16.6. The van der Waals surface area contributed by atoms with E-state index >= 15 is 0 Å². The Morgan fingerprint density at radius 3 is 2.67 bits per heavy atom. The SMILES string of the molecule is CO[C@@H]1CC[C@H]1NC(=O)c1onc2c(N(C)C(=O)OC(C)(C)C)cc(Nc3cccn(-c4ncccc4C#N)c3=O)nc12. The smallest absolute Gasteiger partial charge is 0.414 e. The van der Waals surface area contributed by atoms with Gasteiger partial charge in [-0.2, -0.15) is 5.26 Å². The van der Waals surface area contributed by atoms with Crippen LogP contribution in [-0.4, -0.2) is 63.6 Å². The number of anilines is 3. The van der Waals surface area contributed by atoms with Gasteiger partial charge in [-0.05, 0) is 57.9 Å². The van der Waals surface area contributed by atoms with Crippen LogP contribution in [0.5, 0.6) is 0 Å². The van der Waals surface area contributed by atoms with Crippen molar-refractivity contribution in [2.45, 2.75) is 51.4 Å². The molecule has 14 nitrogen and oxygen atoms in total. The lowest BCUT2D eigenvalue weighted by atomic mass is 9.89. The number of nitrogens with zero attached hydrogens (tertiary/aromatic N) is 6. The Balaban J connectivity index is 1.57. The molecule has 2 N–H and O–H groups in total. The van der Waals surface area contributed by atoms with Crippen LogP contribution in [0.3, 0.4) is 0 Å². The Kier molecular flexibility index (Phi) is 7.83. The first-order chi connectivity index (χ1) is 20.5. The molecule has 4 aromatic heterocycles. The minimum atomic E-state index is -0.781. The molecule has 0 saturated heterocycles. The van der Waals surface area contributed by atoms with Gasteiger partial charge in [0.25, 0.3) is 11.5 Å². The van der Waals surface area contributed by atoms with E-state index in [2.05, 4.69) is 25.8 Å². The second kappa shape index (κ2) is 11.5. The third-order valence-electron chi connectivity index (χ3n) is 6.83. The molecule has 0 radical (unpaired) electrons. The predicted octanol–water partition coefficient (Wildman–Crippen LogP) is 3.66. The number of nitriles is 1. The normalized spacial score (nSPS) is 16.2. The molecular weight excluding hydrogens is 556 g/mol. The van der Waals surface area contributed by atoms with Gasteiger partial charge in [0.15, 0.2) is 11.3 Å². The number of methoxy groups -OCH3 is 1. The molecule has 4 aromatic rings. The molecule has 0 aliphatic heterocycles. The van der Waals surface area contributed by atoms with Crippen molar-refractivity contribution >= 4 is 40.2 Å². The standard InChI is InChI=1S/C29H30N8O6/c1-29(2,3)42-28(40)36(4)19-14-21(32-18-9-7-13-37(27(18)39)25-16(15-30)8-6-12-31-25)34-23-22(19)35-43-24(23)26(38)33-17-10-11-20(17)41-5/h6-9,12-14,17,20H,10-11H2,1-5H3,(H,32,34)(H,33,38)/t17-,20-/m1/s1. The van der Waals surface area contributed by atoms with E-state index in [-0.39, 0.29) is 57.5 Å². The summed E-state index contributed by atoms with van der Waals surface area (Å²) < 4.78 is 17.6. The van der Waals surface area contributed by atoms with Gasteiger partial charge in [0.2, 0.25) is 5.76 Å². The monoisotopic (exact) mass is 586 g/mol. The molecule has 0 bridgehead atoms. The number of amides is 2. The van der Waals surface area contributed by atoms with Crippen LogP contribution >= 0.6 is 0 Å². The molecule has 0 unspecified atom stereocenters. The average Bonchev–Trinajstić information content (AvgIpc) is 3.39. The van der Waals surface area contributed by atoms with Crippen molar-refractivity contribution in [3.63, 3.8) is 0 Å². The average molecular weight is 587 g/mol. The second-order valence-electron chi connectivity index (χ2n) is 10.9. The maximum absolute atomic E-state index is 13.5. The summed E-state index contributed by atoms with van der Waals surface area (Å²) in [5.41, 5.74) is -0.569. The zero-order chi connectivity index (χ0) is 30.9. The fraction of sp³-hybridized carbons (Fsp3) is 0.345. The van der Waals surface area contributed by atoms with Crippen LogP contribution in [0.25, 0.3) is 16.9 Å². The number of fused-ring (bicyclic) bond motifs is 1. The van der Waals surface area contributed by atoms with Crippen molar-refractivity contribution in [2.75, 3.05) is 24.4 Å². The highest BCUT2D eigenvalue weighted by Crippen LogP contribution is 2.32. The molecule has 43 heavy (non-hydrogen) atoms. The number of carbonyl (C=O) groups excluding carboxylic acids is 2. The molecule has 2 atom stereocenters. The summed E-state index contributed by atoms with van der Waals surface area (Å²) in [6.45, 7) is 5.21. The van der Waals surface area contributed by atoms with Crippen molar-refractivity contribution in [1.29, 1.82) is 5.26 Å². The molecule has 0 aromatic carbocycles. The van der Waals surface area contributed by atoms with Crippen molar-refractivity contribution in [3.8, 4) is 11.9 Å². The van der Waals surface area contributed by atoms with Gasteiger partial charge < -0.3 is 24.6 Å². The maximum atomic E-state index is 13.5. The van der Waals surface area contributed by atoms with Crippen LogP contribution in [0, 0.1) is 11.3 Å². The van der Waals surface area contributed by atoms with Gasteiger partial charge in [-0.1, -0.05) is 5.16 Å². The molecule has 1 saturated carbocycles. The molecule has 5 rings (SSSR count). The lowest BCUT2D eigenvalue weighted by Crippen LogP contribution is -2.51. The Morgan fingerprint density at radius 2 is 2.00 bits per heavy atom. The lowest BCUT2D eigenvalue weighted by Gasteiger charge is -2.35. The molecule has 4 heterocycles. The summed E-state index contributed by atoms with van der Waals surface area (Å²) in [5, 5.41) is 19.4. The summed E-state index contributed by atoms with van der Waals surface area (Å²) in [6, 6.07) is 9.61. The molecule has 14 heteroatoms. The van der Waals surface area contributed by atoms with Crippen molar-refractivity contribution in [2.24, 2.45) is 0 Å². The first kappa shape index (κ1) is 29.2. The number of pyridine rings is 3. The van der Waals surface area contributed by atoms with Crippen LogP contribution < -0.4 is 21.1 Å². The number of aromatic nitrogens is 4. The number of hydrogen-bond acceptors (Lipinski definition) is 11. The van der Waals surface area contributed by atoms with Gasteiger partial charge in [-0.25, -0.2) is 14.8 Å². The molecule has 2 amide bonds. The third kappa shape index (κ3) is 5.88. The lowest BCUT2D eigenvalue weighted by molar-refractivity contribution is 0.00677. The number of carbonyl (C=O) groups is 2. The topological polar surface area (TPSA) is 178 Å². The third-order valence-corrected chi connectivity index (χ3v) is 6.83. The zero-order valence-electron chi connectivity index (χ0n) is 24.2. The number of nitrogens with one attached hydrogen (secondary N) is 2. The van der Waals surface area contributed by atoms with Crippen molar-refractivity contribution < 1.29 is 23.6 Å². The minimum absolute atomic E-state index is 0.0638. The van der Waals surface area contributed by atoms with E-state index < -0.39 is 23.2 Å². The van der Waals surface area contributed by atoms with Crippen LogP contribution in [0.4, 0.5) is 22.0 Å². The molecule has 1 aliphatic rings.